The third-order valence-corrected chi connectivity index (χ3v) is 8.57. The van der Waals surface area contributed by atoms with Gasteiger partial charge in [-0.2, -0.15) is 0 Å². The third kappa shape index (κ3) is 5.72. The van der Waals surface area contributed by atoms with Gasteiger partial charge >= 0.3 is 0 Å². The number of ether oxygens (including phenoxy) is 1. The number of piperidine rings is 1. The molecule has 3 heterocycles. The molecule has 4 rings (SSSR count). The molecule has 0 N–H and O–H groups in total. The number of aryl methyl sites for hydroxylation is 2. The maximum atomic E-state index is 12.7. The van der Waals surface area contributed by atoms with Gasteiger partial charge in [0.15, 0.2) is 9.84 Å². The zero-order valence-corrected chi connectivity index (χ0v) is 21.4. The predicted molar refractivity (Wildman–Crippen MR) is 134 cm³/mol. The number of sulfone groups is 1. The first kappa shape index (κ1) is 24.5. The molecule has 2 aliphatic heterocycles. The summed E-state index contributed by atoms with van der Waals surface area (Å²) in [6.07, 6.45) is 8.74. The van der Waals surface area contributed by atoms with Gasteiger partial charge in [0.25, 0.3) is 0 Å². The van der Waals surface area contributed by atoms with Crippen molar-refractivity contribution in [3.63, 3.8) is 0 Å². The lowest BCUT2D eigenvalue weighted by molar-refractivity contribution is 0.350. The van der Waals surface area contributed by atoms with Crippen LogP contribution in [0.3, 0.4) is 0 Å². The standard InChI is InChI=1S/C24H30N4O4S2/c1-4-5-18-13-25-24(26-14-18)28-10-8-19(9-11-28)23-27-20(16-33(23)29)15-32-21-6-7-22(17(2)12-21)34(3,30)31/h6-7,12-14,16,19H,4-5,8-11,15H2,1-3H3. The fourth-order valence-electron chi connectivity index (χ4n) is 4.26. The second-order valence-electron chi connectivity index (χ2n) is 8.75. The molecule has 1 saturated heterocycles. The van der Waals surface area contributed by atoms with E-state index in [1.165, 1.54) is 6.26 Å². The van der Waals surface area contributed by atoms with Crippen molar-refractivity contribution in [2.24, 2.45) is 10.9 Å². The highest BCUT2D eigenvalue weighted by atomic mass is 32.2. The quantitative estimate of drug-likeness (QED) is 0.545. The second-order valence-corrected chi connectivity index (χ2v) is 12.0. The van der Waals surface area contributed by atoms with Crippen LogP contribution in [-0.4, -0.2) is 53.6 Å². The van der Waals surface area contributed by atoms with Gasteiger partial charge in [0.1, 0.15) is 17.4 Å². The average molecular weight is 503 g/mol. The average Bonchev–Trinajstić information content (AvgIpc) is 3.18. The van der Waals surface area contributed by atoms with E-state index in [0.29, 0.717) is 22.1 Å². The van der Waals surface area contributed by atoms with E-state index in [9.17, 15) is 12.6 Å². The summed E-state index contributed by atoms with van der Waals surface area (Å²) in [5.74, 6) is 1.46. The van der Waals surface area contributed by atoms with Gasteiger partial charge in [0, 0.05) is 43.1 Å². The maximum absolute atomic E-state index is 12.7. The molecule has 0 saturated carbocycles. The molecule has 2 aliphatic rings. The highest BCUT2D eigenvalue weighted by Crippen LogP contribution is 2.28. The van der Waals surface area contributed by atoms with Gasteiger partial charge in [-0.15, -0.1) is 0 Å². The van der Waals surface area contributed by atoms with Crippen LogP contribution in [0, 0.1) is 12.8 Å². The van der Waals surface area contributed by atoms with Gasteiger partial charge in [-0.25, -0.2) is 27.6 Å². The minimum atomic E-state index is -3.27. The Hall–Kier alpha value is -2.59. The summed E-state index contributed by atoms with van der Waals surface area (Å²) in [5.41, 5.74) is 2.42. The molecule has 1 aromatic carbocycles. The first-order chi connectivity index (χ1) is 16.2. The number of anilines is 1. The number of hydrogen-bond donors (Lipinski definition) is 0. The normalized spacial score (nSPS) is 19.1. The number of hydrogen-bond acceptors (Lipinski definition) is 8. The summed E-state index contributed by atoms with van der Waals surface area (Å²) < 4.78 is 42.1. The summed E-state index contributed by atoms with van der Waals surface area (Å²) in [6, 6.07) is 4.87. The maximum Gasteiger partial charge on any atom is 0.225 e. The van der Waals surface area contributed by atoms with Crippen LogP contribution in [-0.2, 0) is 27.1 Å². The predicted octanol–water partition coefficient (Wildman–Crippen LogP) is 3.44. The van der Waals surface area contributed by atoms with Crippen LogP contribution < -0.4 is 9.64 Å². The minimum Gasteiger partial charge on any atom is -0.487 e. The molecular weight excluding hydrogens is 472 g/mol. The zero-order chi connectivity index (χ0) is 24.3. The summed E-state index contributed by atoms with van der Waals surface area (Å²) in [5, 5.41) is 2.36. The van der Waals surface area contributed by atoms with Crippen molar-refractivity contribution in [2.75, 3.05) is 30.9 Å². The van der Waals surface area contributed by atoms with Gasteiger partial charge in [-0.1, -0.05) is 13.3 Å². The minimum absolute atomic E-state index is 0.154. The lowest BCUT2D eigenvalue weighted by Gasteiger charge is -2.31. The van der Waals surface area contributed by atoms with E-state index in [0.717, 1.165) is 50.3 Å². The molecule has 1 unspecified atom stereocenters. The Labute approximate surface area is 203 Å². The molecule has 182 valence electrons. The van der Waals surface area contributed by atoms with Gasteiger partial charge in [0.2, 0.25) is 5.95 Å². The number of rotatable bonds is 8. The van der Waals surface area contributed by atoms with Crippen molar-refractivity contribution in [3.05, 3.63) is 52.8 Å². The molecule has 0 bridgehead atoms. The molecule has 0 radical (unpaired) electrons. The molecule has 1 fully saturated rings. The van der Waals surface area contributed by atoms with Crippen molar-refractivity contribution in [2.45, 2.75) is 44.4 Å². The Morgan fingerprint density at radius 1 is 1.18 bits per heavy atom. The lowest BCUT2D eigenvalue weighted by Crippen LogP contribution is -2.37. The molecule has 34 heavy (non-hydrogen) atoms. The number of nitrogens with zero attached hydrogens (tertiary/aromatic N) is 4. The zero-order valence-electron chi connectivity index (χ0n) is 19.7. The van der Waals surface area contributed by atoms with Crippen molar-refractivity contribution in [1.82, 2.24) is 9.97 Å². The highest BCUT2D eigenvalue weighted by molar-refractivity contribution is 8.03. The van der Waals surface area contributed by atoms with Crippen molar-refractivity contribution in [3.8, 4) is 5.75 Å². The summed E-state index contributed by atoms with van der Waals surface area (Å²) in [6.45, 7) is 5.65. The molecule has 10 heteroatoms. The molecule has 1 atom stereocenters. The Morgan fingerprint density at radius 3 is 2.50 bits per heavy atom. The lowest BCUT2D eigenvalue weighted by atomic mass is 9.98. The van der Waals surface area contributed by atoms with E-state index in [4.69, 9.17) is 4.74 Å². The molecule has 2 aromatic rings. The van der Waals surface area contributed by atoms with Crippen molar-refractivity contribution >= 4 is 31.6 Å². The topological polar surface area (TPSA) is 102 Å². The van der Waals surface area contributed by atoms with Crippen LogP contribution in [0.1, 0.15) is 37.3 Å². The second kappa shape index (κ2) is 10.4. The van der Waals surface area contributed by atoms with E-state index in [1.807, 2.05) is 12.4 Å². The van der Waals surface area contributed by atoms with Gasteiger partial charge in [0.05, 0.1) is 21.4 Å². The summed E-state index contributed by atoms with van der Waals surface area (Å²) in [4.78, 5) is 16.1. The van der Waals surface area contributed by atoms with E-state index in [1.54, 1.807) is 30.5 Å². The van der Waals surface area contributed by atoms with Crippen LogP contribution in [0.5, 0.6) is 5.75 Å². The first-order valence-corrected chi connectivity index (χ1v) is 14.5. The van der Waals surface area contributed by atoms with Crippen LogP contribution >= 0.6 is 0 Å². The molecule has 8 nitrogen and oxygen atoms in total. The molecule has 1 aromatic heterocycles. The van der Waals surface area contributed by atoms with Crippen molar-refractivity contribution in [1.29, 1.82) is 0 Å². The number of aromatic nitrogens is 2. The van der Waals surface area contributed by atoms with Crippen LogP contribution in [0.25, 0.3) is 0 Å². The van der Waals surface area contributed by atoms with Gasteiger partial charge < -0.3 is 9.64 Å². The smallest absolute Gasteiger partial charge is 0.225 e. The largest absolute Gasteiger partial charge is 0.487 e. The number of aliphatic imine (C=N–C) groups is 1. The molecular formula is C24H30N4O4S2. The Balaban J connectivity index is 1.33. The van der Waals surface area contributed by atoms with Crippen molar-refractivity contribution < 1.29 is 17.4 Å². The third-order valence-electron chi connectivity index (χ3n) is 5.99. The fourth-order valence-corrected chi connectivity index (χ4v) is 6.48. The van der Waals surface area contributed by atoms with Gasteiger partial charge in [-0.05, 0) is 55.5 Å². The monoisotopic (exact) mass is 502 g/mol. The van der Waals surface area contributed by atoms with E-state index >= 15 is 0 Å². The summed E-state index contributed by atoms with van der Waals surface area (Å²) >= 11 is 0. The SMILES string of the molecule is CCCc1cnc(N2CCC(C3=NC(COc4ccc(S(C)(=O)=O)c(C)c4)=CS3=O)CC2)nc1. The van der Waals surface area contributed by atoms with E-state index in [2.05, 4.69) is 26.8 Å². The Morgan fingerprint density at radius 2 is 1.88 bits per heavy atom. The summed E-state index contributed by atoms with van der Waals surface area (Å²) in [7, 11) is -4.52. The van der Waals surface area contributed by atoms with Crippen LogP contribution in [0.4, 0.5) is 5.95 Å². The number of benzene rings is 1. The molecule has 0 amide bonds. The Kier molecular flexibility index (Phi) is 7.47. The Bertz CT molecular complexity index is 1230. The van der Waals surface area contributed by atoms with Crippen LogP contribution in [0.15, 0.2) is 51.6 Å². The van der Waals surface area contributed by atoms with Crippen LogP contribution in [0.2, 0.25) is 0 Å². The molecule has 0 spiro atoms. The molecule has 0 aliphatic carbocycles. The van der Waals surface area contributed by atoms with E-state index in [-0.39, 0.29) is 17.4 Å². The van der Waals surface area contributed by atoms with Gasteiger partial charge in [-0.3, -0.25) is 0 Å². The first-order valence-electron chi connectivity index (χ1n) is 11.4. The van der Waals surface area contributed by atoms with E-state index < -0.39 is 20.6 Å². The fraction of sp³-hybridized carbons (Fsp3) is 0.458. The highest BCUT2D eigenvalue weighted by Gasteiger charge is 2.30.